The highest BCUT2D eigenvalue weighted by atomic mass is 16.3. The summed E-state index contributed by atoms with van der Waals surface area (Å²) in [4.78, 5) is 7.13. The van der Waals surface area contributed by atoms with Gasteiger partial charge in [-0.1, -0.05) is 6.92 Å². The maximum absolute atomic E-state index is 5.40. The molecule has 6 nitrogen and oxygen atoms in total. The van der Waals surface area contributed by atoms with Crippen LogP contribution < -0.4 is 5.32 Å². The second-order valence-electron chi connectivity index (χ2n) is 6.34. The summed E-state index contributed by atoms with van der Waals surface area (Å²) in [6, 6.07) is 3.94. The van der Waals surface area contributed by atoms with E-state index in [4.69, 9.17) is 9.41 Å². The van der Waals surface area contributed by atoms with Gasteiger partial charge in [0.1, 0.15) is 5.76 Å². The quantitative estimate of drug-likeness (QED) is 0.653. The molecule has 0 aromatic carbocycles. The number of aromatic nitrogens is 2. The van der Waals surface area contributed by atoms with Crippen LogP contribution in [0.25, 0.3) is 0 Å². The van der Waals surface area contributed by atoms with Crippen molar-refractivity contribution in [2.75, 3.05) is 26.2 Å². The molecular formula is C18H27N5O. The molecule has 0 spiro atoms. The lowest BCUT2D eigenvalue weighted by Crippen LogP contribution is -2.41. The molecule has 0 saturated carbocycles. The maximum atomic E-state index is 5.40. The Bertz CT molecular complexity index is 646. The van der Waals surface area contributed by atoms with Gasteiger partial charge in [0.15, 0.2) is 5.96 Å². The lowest BCUT2D eigenvalue weighted by atomic mass is 10.0. The normalized spacial score (nSPS) is 18.3. The second kappa shape index (κ2) is 8.04. The predicted molar refractivity (Wildman–Crippen MR) is 95.1 cm³/mol. The number of furan rings is 1. The fourth-order valence-electron chi connectivity index (χ4n) is 3.11. The second-order valence-corrected chi connectivity index (χ2v) is 6.34. The van der Waals surface area contributed by atoms with E-state index < -0.39 is 0 Å². The summed E-state index contributed by atoms with van der Waals surface area (Å²) < 4.78 is 7.28. The van der Waals surface area contributed by atoms with Crippen molar-refractivity contribution in [2.24, 2.45) is 12.0 Å². The molecule has 3 rings (SSSR count). The van der Waals surface area contributed by atoms with E-state index in [2.05, 4.69) is 28.4 Å². The molecule has 1 unspecified atom stereocenters. The number of rotatable bonds is 6. The summed E-state index contributed by atoms with van der Waals surface area (Å²) in [5.41, 5.74) is 1.32. The zero-order valence-corrected chi connectivity index (χ0v) is 14.6. The van der Waals surface area contributed by atoms with Gasteiger partial charge in [0.05, 0.1) is 12.5 Å². The number of hydrogen-bond donors (Lipinski definition) is 1. The van der Waals surface area contributed by atoms with Crippen LogP contribution in [0.2, 0.25) is 0 Å². The molecule has 1 atom stereocenters. The topological polar surface area (TPSA) is 58.6 Å². The number of nitrogens with one attached hydrogen (secondary N) is 1. The number of guanidine groups is 1. The number of aliphatic imine (C=N–C) groups is 1. The Labute approximate surface area is 143 Å². The van der Waals surface area contributed by atoms with Crippen molar-refractivity contribution in [3.8, 4) is 0 Å². The molecule has 1 aliphatic rings. The molecule has 2 aromatic rings. The zero-order chi connectivity index (χ0) is 16.8. The van der Waals surface area contributed by atoms with Crippen LogP contribution in [0, 0.1) is 0 Å². The van der Waals surface area contributed by atoms with Crippen LogP contribution in [-0.4, -0.2) is 46.8 Å². The molecular weight excluding hydrogens is 302 g/mol. The SMILES string of the molecule is CCCN=C(NCCc1ccco1)N1CCC(c2cnn(C)c2)C1. The van der Waals surface area contributed by atoms with Crippen molar-refractivity contribution in [1.82, 2.24) is 20.0 Å². The highest BCUT2D eigenvalue weighted by Gasteiger charge is 2.26. The van der Waals surface area contributed by atoms with Gasteiger partial charge >= 0.3 is 0 Å². The van der Waals surface area contributed by atoms with Crippen LogP contribution >= 0.6 is 0 Å². The number of hydrogen-bond acceptors (Lipinski definition) is 3. The van der Waals surface area contributed by atoms with Crippen LogP contribution in [0.15, 0.2) is 40.2 Å². The predicted octanol–water partition coefficient (Wildman–Crippen LogP) is 2.40. The Kier molecular flexibility index (Phi) is 5.56. The van der Waals surface area contributed by atoms with Crippen molar-refractivity contribution < 1.29 is 4.42 Å². The molecule has 0 bridgehead atoms. The van der Waals surface area contributed by atoms with Crippen molar-refractivity contribution in [2.45, 2.75) is 32.1 Å². The first kappa shape index (κ1) is 16.6. The summed E-state index contributed by atoms with van der Waals surface area (Å²) >= 11 is 0. The zero-order valence-electron chi connectivity index (χ0n) is 14.6. The minimum absolute atomic E-state index is 0.539. The summed E-state index contributed by atoms with van der Waals surface area (Å²) in [5.74, 6) is 2.57. The van der Waals surface area contributed by atoms with Gasteiger partial charge in [0.25, 0.3) is 0 Å². The molecule has 130 valence electrons. The van der Waals surface area contributed by atoms with E-state index in [1.54, 1.807) is 6.26 Å². The third-order valence-corrected chi connectivity index (χ3v) is 4.40. The van der Waals surface area contributed by atoms with Crippen LogP contribution in [0.3, 0.4) is 0 Å². The third-order valence-electron chi connectivity index (χ3n) is 4.40. The summed E-state index contributed by atoms with van der Waals surface area (Å²) in [6.45, 7) is 5.89. The average Bonchev–Trinajstić information content (AvgIpc) is 3.31. The Balaban J connectivity index is 1.57. The molecule has 24 heavy (non-hydrogen) atoms. The Hall–Kier alpha value is -2.24. The monoisotopic (exact) mass is 329 g/mol. The highest BCUT2D eigenvalue weighted by Crippen LogP contribution is 2.26. The van der Waals surface area contributed by atoms with Gasteiger partial charge < -0.3 is 14.6 Å². The van der Waals surface area contributed by atoms with Crippen LogP contribution in [0.4, 0.5) is 0 Å². The summed E-state index contributed by atoms with van der Waals surface area (Å²) in [5, 5.41) is 7.81. The van der Waals surface area contributed by atoms with Gasteiger partial charge in [0, 0.05) is 51.8 Å². The molecule has 0 aliphatic carbocycles. The van der Waals surface area contributed by atoms with E-state index in [-0.39, 0.29) is 0 Å². The lowest BCUT2D eigenvalue weighted by molar-refractivity contribution is 0.475. The lowest BCUT2D eigenvalue weighted by Gasteiger charge is -2.22. The first-order chi connectivity index (χ1) is 11.8. The molecule has 6 heteroatoms. The van der Waals surface area contributed by atoms with Crippen molar-refractivity contribution in [3.63, 3.8) is 0 Å². The minimum Gasteiger partial charge on any atom is -0.469 e. The molecule has 0 radical (unpaired) electrons. The van der Waals surface area contributed by atoms with E-state index in [0.717, 1.165) is 57.2 Å². The molecule has 2 aromatic heterocycles. The first-order valence-electron chi connectivity index (χ1n) is 8.80. The largest absolute Gasteiger partial charge is 0.469 e. The van der Waals surface area contributed by atoms with E-state index in [9.17, 15) is 0 Å². The highest BCUT2D eigenvalue weighted by molar-refractivity contribution is 5.80. The van der Waals surface area contributed by atoms with Gasteiger partial charge in [-0.25, -0.2) is 0 Å². The van der Waals surface area contributed by atoms with Crippen molar-refractivity contribution in [3.05, 3.63) is 42.1 Å². The van der Waals surface area contributed by atoms with Crippen LogP contribution in [0.5, 0.6) is 0 Å². The Morgan fingerprint density at radius 3 is 3.12 bits per heavy atom. The molecule has 1 saturated heterocycles. The molecule has 3 heterocycles. The molecule has 1 N–H and O–H groups in total. The van der Waals surface area contributed by atoms with E-state index in [1.165, 1.54) is 5.56 Å². The Morgan fingerprint density at radius 2 is 2.42 bits per heavy atom. The molecule has 1 fully saturated rings. The Morgan fingerprint density at radius 1 is 1.50 bits per heavy atom. The van der Waals surface area contributed by atoms with Gasteiger partial charge in [-0.2, -0.15) is 5.10 Å². The maximum Gasteiger partial charge on any atom is 0.193 e. The minimum atomic E-state index is 0.539. The molecule has 0 amide bonds. The number of likely N-dealkylation sites (tertiary alicyclic amines) is 1. The van der Waals surface area contributed by atoms with Crippen LogP contribution in [0.1, 0.15) is 37.0 Å². The van der Waals surface area contributed by atoms with Crippen LogP contribution in [-0.2, 0) is 13.5 Å². The average molecular weight is 329 g/mol. The molecule has 1 aliphatic heterocycles. The van der Waals surface area contributed by atoms with Crippen molar-refractivity contribution >= 4 is 5.96 Å². The summed E-state index contributed by atoms with van der Waals surface area (Å²) in [6.07, 6.45) is 8.92. The fourth-order valence-corrected chi connectivity index (χ4v) is 3.11. The number of nitrogens with zero attached hydrogens (tertiary/aromatic N) is 4. The smallest absolute Gasteiger partial charge is 0.193 e. The first-order valence-corrected chi connectivity index (χ1v) is 8.80. The van der Waals surface area contributed by atoms with Gasteiger partial charge in [0.2, 0.25) is 0 Å². The van der Waals surface area contributed by atoms with E-state index in [1.807, 2.05) is 30.1 Å². The van der Waals surface area contributed by atoms with E-state index >= 15 is 0 Å². The van der Waals surface area contributed by atoms with E-state index in [0.29, 0.717) is 5.92 Å². The summed E-state index contributed by atoms with van der Waals surface area (Å²) in [7, 11) is 1.97. The standard InChI is InChI=1S/C18H27N5O/c1-3-8-19-18(20-9-6-17-5-4-11-24-17)23-10-7-15(14-23)16-12-21-22(2)13-16/h4-5,11-13,15H,3,6-10,14H2,1-2H3,(H,19,20). The van der Waals surface area contributed by atoms with Gasteiger partial charge in [-0.05, 0) is 30.5 Å². The van der Waals surface area contributed by atoms with Gasteiger partial charge in [-0.15, -0.1) is 0 Å². The van der Waals surface area contributed by atoms with Gasteiger partial charge in [-0.3, -0.25) is 9.67 Å². The number of aryl methyl sites for hydroxylation is 1. The third kappa shape index (κ3) is 4.19. The fraction of sp³-hybridized carbons (Fsp3) is 0.556. The van der Waals surface area contributed by atoms with Crippen molar-refractivity contribution in [1.29, 1.82) is 0 Å².